The minimum Gasteiger partial charge on any atom is -0.846 e. The van der Waals surface area contributed by atoms with Crippen LogP contribution in [0.2, 0.25) is 0 Å². The molecule has 0 saturated heterocycles. The molecule has 1 aromatic carbocycles. The van der Waals surface area contributed by atoms with Crippen LogP contribution in [-0.2, 0) is 9.59 Å². The van der Waals surface area contributed by atoms with Gasteiger partial charge in [0.05, 0.1) is 6.02 Å². The smallest absolute Gasteiger partial charge is 0.846 e. The first-order valence-corrected chi connectivity index (χ1v) is 13.2. The monoisotopic (exact) mass is 482 g/mol. The van der Waals surface area contributed by atoms with E-state index in [0.29, 0.717) is 6.42 Å². The summed E-state index contributed by atoms with van der Waals surface area (Å²) in [6.07, 6.45) is 9.33. The van der Waals surface area contributed by atoms with E-state index >= 15 is 0 Å². The van der Waals surface area contributed by atoms with E-state index in [2.05, 4.69) is 43.2 Å². The molecule has 7 heteroatoms. The molecule has 1 saturated carbocycles. The molecule has 1 fully saturated rings. The normalized spacial score (nSPS) is 22.2. The molecule has 3 rings (SSSR count). The van der Waals surface area contributed by atoms with E-state index < -0.39 is 23.3 Å². The van der Waals surface area contributed by atoms with Gasteiger partial charge in [-0.2, -0.15) is 0 Å². The fourth-order valence-corrected chi connectivity index (χ4v) is 6.60. The molecular formula is C26H40N2NaO3P. The molecule has 0 spiro atoms. The van der Waals surface area contributed by atoms with Crippen LogP contribution >= 0.6 is 8.58 Å². The summed E-state index contributed by atoms with van der Waals surface area (Å²) in [4.78, 5) is 27.1. The van der Waals surface area contributed by atoms with Gasteiger partial charge < -0.3 is 10.4 Å². The molecular weight excluding hydrogens is 442 g/mol. The van der Waals surface area contributed by atoms with E-state index in [1.807, 2.05) is 13.8 Å². The number of amides is 2. The summed E-state index contributed by atoms with van der Waals surface area (Å²) in [6.45, 7) is 12.4. The van der Waals surface area contributed by atoms with Gasteiger partial charge in [0.1, 0.15) is 5.41 Å². The second-order valence-corrected chi connectivity index (χ2v) is 11.0. The predicted molar refractivity (Wildman–Crippen MR) is 133 cm³/mol. The molecule has 1 heterocycles. The van der Waals surface area contributed by atoms with Crippen molar-refractivity contribution < 1.29 is 44.3 Å². The molecule has 1 N–H and O–H groups in total. The number of amidine groups is 1. The number of nitrogens with one attached hydrogen (secondary N) is 1. The predicted octanol–water partition coefficient (Wildman–Crippen LogP) is 1.44. The van der Waals surface area contributed by atoms with Gasteiger partial charge in [-0.1, -0.05) is 67.2 Å². The van der Waals surface area contributed by atoms with Crippen LogP contribution in [0, 0.1) is 32.1 Å². The summed E-state index contributed by atoms with van der Waals surface area (Å²) in [7, 11) is 1.05. The SMILES string of the molecule is CCCC(C)C1(CC)C(=O)N=C([O-])NC1=O.Cc1ccc(PC2CCCCC2)c(C)c1C.[Na+]. The molecule has 1 aliphatic heterocycles. The van der Waals surface area contributed by atoms with Crippen LogP contribution in [-0.4, -0.2) is 23.5 Å². The van der Waals surface area contributed by atoms with Gasteiger partial charge in [-0.05, 0) is 80.0 Å². The summed E-state index contributed by atoms with van der Waals surface area (Å²) in [5.74, 6) is -1.20. The van der Waals surface area contributed by atoms with Crippen molar-refractivity contribution in [3.63, 3.8) is 0 Å². The molecule has 178 valence electrons. The zero-order valence-corrected chi connectivity index (χ0v) is 24.6. The van der Waals surface area contributed by atoms with E-state index in [1.165, 1.54) is 43.2 Å². The Morgan fingerprint density at radius 3 is 2.30 bits per heavy atom. The van der Waals surface area contributed by atoms with Crippen molar-refractivity contribution in [3.05, 3.63) is 28.8 Å². The number of carbonyl (C=O) groups excluding carboxylic acids is 2. The second-order valence-electron chi connectivity index (χ2n) is 9.35. The number of aliphatic imine (C=N–C) groups is 1. The first-order valence-electron chi connectivity index (χ1n) is 12.1. The number of nitrogens with zero attached hydrogens (tertiary/aromatic N) is 1. The van der Waals surface area contributed by atoms with Crippen LogP contribution in [0.3, 0.4) is 0 Å². The van der Waals surface area contributed by atoms with Crippen LogP contribution < -0.4 is 45.3 Å². The van der Waals surface area contributed by atoms with E-state index in [4.69, 9.17) is 0 Å². The Hall–Kier alpha value is -0.740. The molecule has 5 nitrogen and oxygen atoms in total. The first kappa shape index (κ1) is 30.3. The fourth-order valence-electron chi connectivity index (χ4n) is 4.88. The molecule has 0 aromatic heterocycles. The van der Waals surface area contributed by atoms with Crippen LogP contribution in [0.5, 0.6) is 0 Å². The van der Waals surface area contributed by atoms with Gasteiger partial charge in [0, 0.05) is 0 Å². The maximum absolute atomic E-state index is 11.9. The molecule has 0 bridgehead atoms. The molecule has 3 atom stereocenters. The van der Waals surface area contributed by atoms with Gasteiger partial charge in [-0.25, -0.2) is 4.99 Å². The third kappa shape index (κ3) is 7.37. The average molecular weight is 483 g/mol. The van der Waals surface area contributed by atoms with Crippen molar-refractivity contribution >= 4 is 31.7 Å². The third-order valence-electron chi connectivity index (χ3n) is 7.35. The molecule has 3 unspecified atom stereocenters. The van der Waals surface area contributed by atoms with Crippen LogP contribution in [0.4, 0.5) is 0 Å². The maximum Gasteiger partial charge on any atom is 1.00 e. The summed E-state index contributed by atoms with van der Waals surface area (Å²) >= 11 is 0. The topological polar surface area (TPSA) is 81.6 Å². The van der Waals surface area contributed by atoms with Gasteiger partial charge in [-0.15, -0.1) is 0 Å². The zero-order chi connectivity index (χ0) is 23.9. The Morgan fingerprint density at radius 1 is 1.12 bits per heavy atom. The summed E-state index contributed by atoms with van der Waals surface area (Å²) in [5, 5.41) is 14.7. The summed E-state index contributed by atoms with van der Waals surface area (Å²) < 4.78 is 0. The van der Waals surface area contributed by atoms with Gasteiger partial charge in [0.2, 0.25) is 5.91 Å². The van der Waals surface area contributed by atoms with Crippen molar-refractivity contribution in [2.45, 2.75) is 98.6 Å². The fraction of sp³-hybridized carbons (Fsp3) is 0.654. The molecule has 33 heavy (non-hydrogen) atoms. The minimum atomic E-state index is -1.15. The second kappa shape index (κ2) is 14.0. The van der Waals surface area contributed by atoms with Crippen molar-refractivity contribution in [2.75, 3.05) is 0 Å². The molecule has 0 radical (unpaired) electrons. The minimum absolute atomic E-state index is 0. The summed E-state index contributed by atoms with van der Waals surface area (Å²) in [6, 6.07) is 3.82. The van der Waals surface area contributed by atoms with Crippen LogP contribution in [0.15, 0.2) is 17.1 Å². The molecule has 2 amide bonds. The van der Waals surface area contributed by atoms with Gasteiger partial charge in [-0.3, -0.25) is 9.59 Å². The van der Waals surface area contributed by atoms with Crippen molar-refractivity contribution in [1.29, 1.82) is 0 Å². The number of hydrogen-bond acceptors (Lipinski definition) is 3. The average Bonchev–Trinajstić information content (AvgIpc) is 2.76. The Labute approximate surface area is 224 Å². The Balaban J connectivity index is 0.000000320. The molecule has 2 aliphatic rings. The Bertz CT molecular complexity index is 852. The number of carbonyl (C=O) groups is 2. The van der Waals surface area contributed by atoms with Crippen molar-refractivity contribution in [1.82, 2.24) is 5.32 Å². The van der Waals surface area contributed by atoms with E-state index in [1.54, 1.807) is 17.8 Å². The summed E-state index contributed by atoms with van der Waals surface area (Å²) in [5.41, 5.74) is 4.32. The van der Waals surface area contributed by atoms with Crippen molar-refractivity contribution in [2.24, 2.45) is 16.3 Å². The number of hydrogen-bond donors (Lipinski definition) is 1. The standard InChI is InChI=1S/C15H23P.C11H18N2O3.Na/c1-11-9-10-15(13(3)12(11)2)16-14-7-5-4-6-8-14;1-4-6-7(3)11(5-2)8(14)12-10(16)13-9(11)15;/h9-10,14,16H,4-8H2,1-3H3;7H,4-6H2,1-3H3,(H2,12,13,14,15,16);/q;;+1/p-1. The van der Waals surface area contributed by atoms with Gasteiger partial charge >= 0.3 is 29.6 Å². The van der Waals surface area contributed by atoms with Crippen LogP contribution in [0.25, 0.3) is 0 Å². The van der Waals surface area contributed by atoms with E-state index in [-0.39, 0.29) is 35.5 Å². The van der Waals surface area contributed by atoms with Crippen LogP contribution in [0.1, 0.15) is 88.8 Å². The third-order valence-corrected chi connectivity index (χ3v) is 9.19. The van der Waals surface area contributed by atoms with Gasteiger partial charge in [0.15, 0.2) is 0 Å². The van der Waals surface area contributed by atoms with E-state index in [0.717, 1.165) is 27.1 Å². The molecule has 1 aliphatic carbocycles. The van der Waals surface area contributed by atoms with Crippen molar-refractivity contribution in [3.8, 4) is 0 Å². The quantitative estimate of drug-likeness (QED) is 0.379. The molecule has 1 aromatic rings. The van der Waals surface area contributed by atoms with E-state index in [9.17, 15) is 14.7 Å². The largest absolute Gasteiger partial charge is 1.00 e. The number of rotatable bonds is 6. The first-order chi connectivity index (χ1) is 15.2. The zero-order valence-electron chi connectivity index (χ0n) is 21.6. The van der Waals surface area contributed by atoms with Gasteiger partial charge in [0.25, 0.3) is 5.91 Å². The maximum atomic E-state index is 11.9. The Kier molecular flexibility index (Phi) is 12.8. The number of benzene rings is 1. The number of aryl methyl sites for hydroxylation is 1. The Morgan fingerprint density at radius 2 is 1.76 bits per heavy atom.